The molecule has 1 aromatic rings. The summed E-state index contributed by atoms with van der Waals surface area (Å²) in [5.41, 5.74) is -0.774. The van der Waals surface area contributed by atoms with E-state index in [0.717, 1.165) is 0 Å². The molecular formula is C16H17N3O3. The molecule has 1 aromatic carbocycles. The lowest BCUT2D eigenvalue weighted by Gasteiger charge is -2.42. The van der Waals surface area contributed by atoms with Gasteiger partial charge < -0.3 is 10.1 Å². The van der Waals surface area contributed by atoms with Gasteiger partial charge in [0.25, 0.3) is 5.91 Å². The molecule has 1 saturated heterocycles. The third-order valence-corrected chi connectivity index (χ3v) is 4.14. The number of carbonyl (C=O) groups excluding carboxylic acids is 2. The molecule has 1 spiro atoms. The summed E-state index contributed by atoms with van der Waals surface area (Å²) in [7, 11) is 0. The van der Waals surface area contributed by atoms with Crippen molar-refractivity contribution in [2.45, 2.75) is 38.3 Å². The van der Waals surface area contributed by atoms with Crippen LogP contribution in [0.2, 0.25) is 0 Å². The van der Waals surface area contributed by atoms with E-state index in [0.29, 0.717) is 29.8 Å². The molecule has 6 nitrogen and oxygen atoms in total. The first-order chi connectivity index (χ1) is 10.3. The number of nitrogens with zero attached hydrogens (tertiary/aromatic N) is 2. The average molecular weight is 299 g/mol. The van der Waals surface area contributed by atoms with Crippen molar-refractivity contribution in [3.63, 3.8) is 0 Å². The zero-order chi connectivity index (χ0) is 16.1. The molecule has 0 radical (unpaired) electrons. The van der Waals surface area contributed by atoms with Gasteiger partial charge in [0, 0.05) is 18.5 Å². The van der Waals surface area contributed by atoms with E-state index < -0.39 is 17.2 Å². The van der Waals surface area contributed by atoms with Gasteiger partial charge in [-0.3, -0.25) is 9.69 Å². The Morgan fingerprint density at radius 1 is 1.41 bits per heavy atom. The van der Waals surface area contributed by atoms with Gasteiger partial charge in [0.1, 0.15) is 11.4 Å². The summed E-state index contributed by atoms with van der Waals surface area (Å²) < 4.78 is 5.93. The SMILES string of the molecule is CCN1C(=O)NC2(CC(C)(C)Oc3ccc(C#N)cc32)C1=O. The van der Waals surface area contributed by atoms with Crippen LogP contribution in [0, 0.1) is 11.3 Å². The van der Waals surface area contributed by atoms with E-state index in [1.807, 2.05) is 13.8 Å². The highest BCUT2D eigenvalue weighted by molar-refractivity contribution is 6.08. The van der Waals surface area contributed by atoms with Gasteiger partial charge >= 0.3 is 6.03 Å². The third-order valence-electron chi connectivity index (χ3n) is 4.14. The molecule has 1 atom stereocenters. The number of nitriles is 1. The second-order valence-corrected chi connectivity index (χ2v) is 6.25. The van der Waals surface area contributed by atoms with Crippen LogP contribution in [-0.2, 0) is 10.3 Å². The van der Waals surface area contributed by atoms with Crippen molar-refractivity contribution in [3.05, 3.63) is 29.3 Å². The lowest BCUT2D eigenvalue weighted by atomic mass is 9.77. The van der Waals surface area contributed by atoms with Crippen LogP contribution in [0.1, 0.15) is 38.3 Å². The lowest BCUT2D eigenvalue weighted by molar-refractivity contribution is -0.134. The molecule has 0 bridgehead atoms. The average Bonchev–Trinajstić information content (AvgIpc) is 2.68. The summed E-state index contributed by atoms with van der Waals surface area (Å²) in [5.74, 6) is 0.245. The van der Waals surface area contributed by atoms with Gasteiger partial charge in [0.05, 0.1) is 11.6 Å². The number of ether oxygens (including phenoxy) is 1. The number of hydrogen-bond donors (Lipinski definition) is 1. The Morgan fingerprint density at radius 3 is 2.73 bits per heavy atom. The van der Waals surface area contributed by atoms with Crippen LogP contribution in [-0.4, -0.2) is 29.0 Å². The number of imide groups is 1. The Morgan fingerprint density at radius 2 is 2.14 bits per heavy atom. The highest BCUT2D eigenvalue weighted by Crippen LogP contribution is 2.46. The van der Waals surface area contributed by atoms with Gasteiger partial charge in [-0.05, 0) is 39.0 Å². The van der Waals surface area contributed by atoms with Gasteiger partial charge in [-0.25, -0.2) is 4.79 Å². The number of hydrogen-bond acceptors (Lipinski definition) is 4. The molecule has 0 saturated carbocycles. The van der Waals surface area contributed by atoms with Gasteiger partial charge in [0.2, 0.25) is 0 Å². The largest absolute Gasteiger partial charge is 0.487 e. The van der Waals surface area contributed by atoms with Crippen molar-refractivity contribution in [2.75, 3.05) is 6.54 Å². The van der Waals surface area contributed by atoms with Crippen LogP contribution >= 0.6 is 0 Å². The minimum absolute atomic E-state index is 0.285. The molecular weight excluding hydrogens is 282 g/mol. The molecule has 3 amide bonds. The monoisotopic (exact) mass is 299 g/mol. The minimum atomic E-state index is -1.16. The van der Waals surface area contributed by atoms with E-state index in [2.05, 4.69) is 11.4 Å². The summed E-state index contributed by atoms with van der Waals surface area (Å²) in [4.78, 5) is 26.2. The van der Waals surface area contributed by atoms with E-state index in [4.69, 9.17) is 10.00 Å². The number of rotatable bonds is 1. The second kappa shape index (κ2) is 4.47. The van der Waals surface area contributed by atoms with Crippen LogP contribution in [0.3, 0.4) is 0 Å². The molecule has 22 heavy (non-hydrogen) atoms. The molecule has 6 heteroatoms. The maximum atomic E-state index is 12.9. The molecule has 1 N–H and O–H groups in total. The fraction of sp³-hybridized carbons (Fsp3) is 0.438. The molecule has 1 unspecified atom stereocenters. The van der Waals surface area contributed by atoms with Crippen LogP contribution < -0.4 is 10.1 Å². The van der Waals surface area contributed by atoms with Crippen LogP contribution in [0.25, 0.3) is 0 Å². The zero-order valence-corrected chi connectivity index (χ0v) is 12.8. The molecule has 0 aliphatic carbocycles. The number of likely N-dealkylation sites (N-methyl/N-ethyl adjacent to an activating group) is 1. The minimum Gasteiger partial charge on any atom is -0.487 e. The highest BCUT2D eigenvalue weighted by Gasteiger charge is 2.58. The number of fused-ring (bicyclic) bond motifs is 2. The van der Waals surface area contributed by atoms with Gasteiger partial charge in [-0.15, -0.1) is 0 Å². The number of nitrogens with one attached hydrogen (secondary N) is 1. The first kappa shape index (κ1) is 14.4. The van der Waals surface area contributed by atoms with Crippen molar-refractivity contribution in [2.24, 2.45) is 0 Å². The summed E-state index contributed by atoms with van der Waals surface area (Å²) >= 11 is 0. The summed E-state index contributed by atoms with van der Waals surface area (Å²) in [6.07, 6.45) is 0.322. The van der Waals surface area contributed by atoms with Gasteiger partial charge in [0.15, 0.2) is 5.54 Å². The number of benzene rings is 1. The molecule has 1 fully saturated rings. The first-order valence-corrected chi connectivity index (χ1v) is 7.21. The predicted molar refractivity (Wildman–Crippen MR) is 78.1 cm³/mol. The van der Waals surface area contributed by atoms with Gasteiger partial charge in [-0.2, -0.15) is 5.26 Å². The molecule has 2 heterocycles. The zero-order valence-electron chi connectivity index (χ0n) is 12.8. The maximum Gasteiger partial charge on any atom is 0.325 e. The topological polar surface area (TPSA) is 82.4 Å². The summed E-state index contributed by atoms with van der Waals surface area (Å²) in [6.45, 7) is 5.82. The highest BCUT2D eigenvalue weighted by atomic mass is 16.5. The van der Waals surface area contributed by atoms with E-state index in [1.165, 1.54) is 4.90 Å². The standard InChI is InChI=1S/C16H17N3O3/c1-4-19-13(20)16(18-14(19)21)9-15(2,3)22-12-6-5-10(8-17)7-11(12)16/h5-7H,4,9H2,1-3H3,(H,18,21). The lowest BCUT2D eigenvalue weighted by Crippen LogP contribution is -2.53. The fourth-order valence-electron chi connectivity index (χ4n) is 3.31. The Labute approximate surface area is 128 Å². The Hall–Kier alpha value is -2.55. The van der Waals surface area contributed by atoms with E-state index in [-0.39, 0.29) is 5.91 Å². The first-order valence-electron chi connectivity index (χ1n) is 7.21. The van der Waals surface area contributed by atoms with E-state index in [9.17, 15) is 9.59 Å². The van der Waals surface area contributed by atoms with Crippen LogP contribution in [0.5, 0.6) is 5.75 Å². The van der Waals surface area contributed by atoms with Crippen molar-refractivity contribution in [1.82, 2.24) is 10.2 Å². The van der Waals surface area contributed by atoms with Crippen molar-refractivity contribution in [1.29, 1.82) is 5.26 Å². The molecule has 114 valence electrons. The normalized spacial score (nSPS) is 25.5. The predicted octanol–water partition coefficient (Wildman–Crippen LogP) is 1.89. The molecule has 2 aliphatic rings. The van der Waals surface area contributed by atoms with Crippen molar-refractivity contribution >= 4 is 11.9 Å². The second-order valence-electron chi connectivity index (χ2n) is 6.25. The molecule has 2 aliphatic heterocycles. The van der Waals surface area contributed by atoms with Crippen LogP contribution in [0.15, 0.2) is 18.2 Å². The fourth-order valence-corrected chi connectivity index (χ4v) is 3.31. The Balaban J connectivity index is 2.23. The number of amides is 3. The molecule has 0 aromatic heterocycles. The van der Waals surface area contributed by atoms with Crippen molar-refractivity contribution < 1.29 is 14.3 Å². The number of urea groups is 1. The summed E-state index contributed by atoms with van der Waals surface area (Å²) in [5, 5.41) is 11.9. The smallest absolute Gasteiger partial charge is 0.325 e. The van der Waals surface area contributed by atoms with E-state index in [1.54, 1.807) is 25.1 Å². The van der Waals surface area contributed by atoms with E-state index >= 15 is 0 Å². The Bertz CT molecular complexity index is 720. The van der Waals surface area contributed by atoms with Crippen molar-refractivity contribution in [3.8, 4) is 11.8 Å². The maximum absolute atomic E-state index is 12.9. The van der Waals surface area contributed by atoms with Crippen LogP contribution in [0.4, 0.5) is 4.79 Å². The third kappa shape index (κ3) is 1.86. The Kier molecular flexibility index (Phi) is 2.92. The quantitative estimate of drug-likeness (QED) is 0.803. The molecule has 3 rings (SSSR count). The summed E-state index contributed by atoms with van der Waals surface area (Å²) in [6, 6.07) is 6.62. The van der Waals surface area contributed by atoms with Gasteiger partial charge in [-0.1, -0.05) is 0 Å². The number of carbonyl (C=O) groups is 2.